The Bertz CT molecular complexity index is 448. The molecule has 1 radical (unpaired) electrons. The van der Waals surface area contributed by atoms with E-state index >= 15 is 0 Å². The fourth-order valence-corrected chi connectivity index (χ4v) is 1.38. The fourth-order valence-electron chi connectivity index (χ4n) is 1.38. The van der Waals surface area contributed by atoms with Crippen LogP contribution in [0.2, 0.25) is 0 Å². The van der Waals surface area contributed by atoms with Crippen LogP contribution in [0.25, 0.3) is 11.1 Å². The molecule has 0 atom stereocenters. The molecule has 15 heavy (non-hydrogen) atoms. The Morgan fingerprint density at radius 3 is 2.47 bits per heavy atom. The van der Waals surface area contributed by atoms with Crippen molar-refractivity contribution >= 4 is 0 Å². The normalized spacial score (nSPS) is 10.0. The second-order valence-corrected chi connectivity index (χ2v) is 3.17. The van der Waals surface area contributed by atoms with Gasteiger partial charge in [0.25, 0.3) is 0 Å². The quantitative estimate of drug-likeness (QED) is 0.724. The third-order valence-electron chi connectivity index (χ3n) is 2.18. The van der Waals surface area contributed by atoms with Gasteiger partial charge in [0.2, 0.25) is 0 Å². The molecule has 0 aromatic heterocycles. The van der Waals surface area contributed by atoms with Crippen LogP contribution < -0.4 is 4.74 Å². The van der Waals surface area contributed by atoms with Gasteiger partial charge in [-0.25, -0.2) is 4.39 Å². The standard InChI is InChI=1S/C13H10FO/c1-15-13-4-2-3-11(9-13)10-5-7-12(14)8-6-10/h3-9H,1H3. The molecule has 2 heteroatoms. The summed E-state index contributed by atoms with van der Waals surface area (Å²) in [6.07, 6.45) is 0. The van der Waals surface area contributed by atoms with Gasteiger partial charge in [0, 0.05) is 0 Å². The Morgan fingerprint density at radius 2 is 1.80 bits per heavy atom. The van der Waals surface area contributed by atoms with Crippen LogP contribution in [-0.2, 0) is 0 Å². The minimum Gasteiger partial charge on any atom is -0.497 e. The Hall–Kier alpha value is -1.83. The lowest BCUT2D eigenvalue weighted by Gasteiger charge is -2.04. The molecule has 2 rings (SSSR count). The van der Waals surface area contributed by atoms with E-state index < -0.39 is 0 Å². The zero-order valence-electron chi connectivity index (χ0n) is 8.33. The summed E-state index contributed by atoms with van der Waals surface area (Å²) in [5.74, 6) is 0.516. The summed E-state index contributed by atoms with van der Waals surface area (Å²) in [4.78, 5) is 0. The van der Waals surface area contributed by atoms with Crippen molar-refractivity contribution in [1.82, 2.24) is 0 Å². The number of halogens is 1. The van der Waals surface area contributed by atoms with Crippen molar-refractivity contribution in [1.29, 1.82) is 0 Å². The van der Waals surface area contributed by atoms with Crippen molar-refractivity contribution in [3.05, 3.63) is 54.3 Å². The highest BCUT2D eigenvalue weighted by molar-refractivity contribution is 5.64. The SMILES string of the molecule is COc1c[c]cc(-c2ccc(F)cc2)c1. The second kappa shape index (κ2) is 4.13. The van der Waals surface area contributed by atoms with E-state index in [1.165, 1.54) is 12.1 Å². The lowest BCUT2D eigenvalue weighted by molar-refractivity contribution is 0.415. The minimum absolute atomic E-state index is 0.231. The first kappa shape index (κ1) is 9.71. The third kappa shape index (κ3) is 2.15. The van der Waals surface area contributed by atoms with Crippen LogP contribution in [0.15, 0.2) is 42.5 Å². The number of ether oxygens (including phenoxy) is 1. The number of hydrogen-bond donors (Lipinski definition) is 0. The maximum atomic E-state index is 12.7. The first-order valence-corrected chi connectivity index (χ1v) is 4.60. The highest BCUT2D eigenvalue weighted by atomic mass is 19.1. The predicted molar refractivity (Wildman–Crippen MR) is 57.2 cm³/mol. The third-order valence-corrected chi connectivity index (χ3v) is 2.18. The topological polar surface area (TPSA) is 9.23 Å². The fraction of sp³-hybridized carbons (Fsp3) is 0.0769. The minimum atomic E-state index is -0.231. The van der Waals surface area contributed by atoms with Crippen molar-refractivity contribution in [3.8, 4) is 16.9 Å². The van der Waals surface area contributed by atoms with Crippen LogP contribution in [0.5, 0.6) is 5.75 Å². The number of hydrogen-bond acceptors (Lipinski definition) is 1. The van der Waals surface area contributed by atoms with Crippen LogP contribution in [0.4, 0.5) is 4.39 Å². The molecule has 2 aromatic rings. The Balaban J connectivity index is 2.40. The van der Waals surface area contributed by atoms with Crippen LogP contribution in [0, 0.1) is 11.9 Å². The van der Waals surface area contributed by atoms with E-state index in [2.05, 4.69) is 6.07 Å². The molecule has 0 amide bonds. The molecule has 0 spiro atoms. The van der Waals surface area contributed by atoms with Crippen LogP contribution in [0.3, 0.4) is 0 Å². The van der Waals surface area contributed by atoms with Gasteiger partial charge in [0.1, 0.15) is 11.6 Å². The zero-order chi connectivity index (χ0) is 10.7. The molecule has 0 aliphatic carbocycles. The van der Waals surface area contributed by atoms with Crippen LogP contribution >= 0.6 is 0 Å². The molecule has 2 aromatic carbocycles. The van der Waals surface area contributed by atoms with Gasteiger partial charge < -0.3 is 4.74 Å². The van der Waals surface area contributed by atoms with E-state index in [4.69, 9.17) is 4.74 Å². The zero-order valence-corrected chi connectivity index (χ0v) is 8.33. The molecule has 1 nitrogen and oxygen atoms in total. The van der Waals surface area contributed by atoms with E-state index in [0.29, 0.717) is 0 Å². The van der Waals surface area contributed by atoms with Crippen molar-refractivity contribution in [3.63, 3.8) is 0 Å². The molecule has 0 fully saturated rings. The summed E-state index contributed by atoms with van der Waals surface area (Å²) in [6, 6.07) is 14.8. The van der Waals surface area contributed by atoms with Crippen molar-refractivity contribution in [2.45, 2.75) is 0 Å². The lowest BCUT2D eigenvalue weighted by atomic mass is 10.1. The van der Waals surface area contributed by atoms with Crippen molar-refractivity contribution in [2.75, 3.05) is 7.11 Å². The van der Waals surface area contributed by atoms with Crippen molar-refractivity contribution < 1.29 is 9.13 Å². The predicted octanol–water partition coefficient (Wildman–Crippen LogP) is 3.30. The van der Waals surface area contributed by atoms with E-state index in [1.807, 2.05) is 12.1 Å². The first-order chi connectivity index (χ1) is 7.29. The monoisotopic (exact) mass is 201 g/mol. The molecule has 75 valence electrons. The highest BCUT2D eigenvalue weighted by Gasteiger charge is 1.99. The molecule has 0 N–H and O–H groups in total. The molecular formula is C13H10FO. The van der Waals surface area contributed by atoms with Gasteiger partial charge in [-0.15, -0.1) is 0 Å². The molecule has 0 saturated carbocycles. The van der Waals surface area contributed by atoms with Gasteiger partial charge in [-0.05, 0) is 47.5 Å². The Labute approximate surface area is 88.1 Å². The molecule has 0 heterocycles. The number of rotatable bonds is 2. The van der Waals surface area contributed by atoms with Crippen molar-refractivity contribution in [2.24, 2.45) is 0 Å². The molecule has 0 bridgehead atoms. The summed E-state index contributed by atoms with van der Waals surface area (Å²) in [5.41, 5.74) is 1.92. The average molecular weight is 201 g/mol. The highest BCUT2D eigenvalue weighted by Crippen LogP contribution is 2.23. The molecule has 0 unspecified atom stereocenters. The van der Waals surface area contributed by atoms with E-state index in [-0.39, 0.29) is 5.82 Å². The van der Waals surface area contributed by atoms with E-state index in [1.54, 1.807) is 25.3 Å². The summed E-state index contributed by atoms with van der Waals surface area (Å²) in [5, 5.41) is 0. The van der Waals surface area contributed by atoms with Gasteiger partial charge in [-0.3, -0.25) is 0 Å². The molecule has 0 saturated heterocycles. The molecule has 0 aliphatic heterocycles. The van der Waals surface area contributed by atoms with Gasteiger partial charge >= 0.3 is 0 Å². The summed E-state index contributed by atoms with van der Waals surface area (Å²) >= 11 is 0. The van der Waals surface area contributed by atoms with Gasteiger partial charge in [0.05, 0.1) is 7.11 Å². The maximum absolute atomic E-state index is 12.7. The number of methoxy groups -OCH3 is 1. The van der Waals surface area contributed by atoms with Crippen LogP contribution in [0.1, 0.15) is 0 Å². The second-order valence-electron chi connectivity index (χ2n) is 3.17. The molecular weight excluding hydrogens is 191 g/mol. The maximum Gasteiger partial charge on any atom is 0.123 e. The summed E-state index contributed by atoms with van der Waals surface area (Å²) in [6.45, 7) is 0. The summed E-state index contributed by atoms with van der Waals surface area (Å²) in [7, 11) is 1.61. The summed E-state index contributed by atoms with van der Waals surface area (Å²) < 4.78 is 17.8. The van der Waals surface area contributed by atoms with E-state index in [0.717, 1.165) is 16.9 Å². The first-order valence-electron chi connectivity index (χ1n) is 4.60. The average Bonchev–Trinajstić information content (AvgIpc) is 2.30. The van der Waals surface area contributed by atoms with E-state index in [9.17, 15) is 4.39 Å². The van der Waals surface area contributed by atoms with Gasteiger partial charge in [0.15, 0.2) is 0 Å². The Morgan fingerprint density at radius 1 is 1.07 bits per heavy atom. The number of benzene rings is 2. The smallest absolute Gasteiger partial charge is 0.123 e. The van der Waals surface area contributed by atoms with Gasteiger partial charge in [-0.2, -0.15) is 0 Å². The largest absolute Gasteiger partial charge is 0.497 e. The Kier molecular flexibility index (Phi) is 2.68. The lowest BCUT2D eigenvalue weighted by Crippen LogP contribution is -1.84. The molecule has 0 aliphatic rings. The van der Waals surface area contributed by atoms with Crippen LogP contribution in [-0.4, -0.2) is 7.11 Å². The van der Waals surface area contributed by atoms with Gasteiger partial charge in [-0.1, -0.05) is 12.1 Å².